The van der Waals surface area contributed by atoms with Crippen LogP contribution in [0, 0.1) is 5.82 Å². The van der Waals surface area contributed by atoms with Crippen molar-refractivity contribution in [3.63, 3.8) is 0 Å². The molecule has 1 aliphatic carbocycles. The summed E-state index contributed by atoms with van der Waals surface area (Å²) in [5, 5.41) is 0.497. The molecule has 80 valence electrons. The van der Waals surface area contributed by atoms with Crippen molar-refractivity contribution in [1.82, 2.24) is 0 Å². The molecule has 0 spiro atoms. The van der Waals surface area contributed by atoms with Gasteiger partial charge in [-0.15, -0.1) is 0 Å². The first-order chi connectivity index (χ1) is 7.15. The molecule has 0 saturated carbocycles. The van der Waals surface area contributed by atoms with Gasteiger partial charge in [0.2, 0.25) is 0 Å². The van der Waals surface area contributed by atoms with Crippen LogP contribution >= 0.6 is 11.6 Å². The summed E-state index contributed by atoms with van der Waals surface area (Å²) < 4.78 is 12.8. The van der Waals surface area contributed by atoms with Crippen LogP contribution in [0.25, 0.3) is 0 Å². The Balaban J connectivity index is 2.14. The molecular formula is C12H13ClFN. The zero-order chi connectivity index (χ0) is 10.8. The Kier molecular flexibility index (Phi) is 3.08. The van der Waals surface area contributed by atoms with E-state index in [1.165, 1.54) is 17.7 Å². The average Bonchev–Trinajstić information content (AvgIpc) is 2.56. The Bertz CT molecular complexity index is 401. The van der Waals surface area contributed by atoms with Crippen LogP contribution in [0.5, 0.6) is 0 Å². The van der Waals surface area contributed by atoms with Gasteiger partial charge in [-0.05, 0) is 37.0 Å². The third-order valence-electron chi connectivity index (χ3n) is 2.68. The summed E-state index contributed by atoms with van der Waals surface area (Å²) in [6.07, 6.45) is 4.90. The maximum Gasteiger partial charge on any atom is 0.124 e. The van der Waals surface area contributed by atoms with Gasteiger partial charge in [-0.3, -0.25) is 0 Å². The average molecular weight is 226 g/mol. The fourth-order valence-electron chi connectivity index (χ4n) is 1.88. The SMILES string of the molecule is NC1C=C(Cc2ccc(F)cc2Cl)CC1. The van der Waals surface area contributed by atoms with Gasteiger partial charge in [-0.1, -0.05) is 29.3 Å². The van der Waals surface area contributed by atoms with E-state index in [9.17, 15) is 4.39 Å². The van der Waals surface area contributed by atoms with E-state index < -0.39 is 0 Å². The second kappa shape index (κ2) is 4.33. The van der Waals surface area contributed by atoms with Crippen LogP contribution in [-0.4, -0.2) is 6.04 Å². The molecule has 1 atom stereocenters. The van der Waals surface area contributed by atoms with Crippen molar-refractivity contribution in [1.29, 1.82) is 0 Å². The first-order valence-corrected chi connectivity index (χ1v) is 5.42. The van der Waals surface area contributed by atoms with Crippen molar-refractivity contribution in [3.8, 4) is 0 Å². The van der Waals surface area contributed by atoms with E-state index in [1.807, 2.05) is 0 Å². The topological polar surface area (TPSA) is 26.0 Å². The van der Waals surface area contributed by atoms with E-state index in [4.69, 9.17) is 17.3 Å². The van der Waals surface area contributed by atoms with Gasteiger partial charge in [-0.25, -0.2) is 4.39 Å². The summed E-state index contributed by atoms with van der Waals surface area (Å²) >= 11 is 5.95. The van der Waals surface area contributed by atoms with Gasteiger partial charge in [0.1, 0.15) is 5.82 Å². The number of rotatable bonds is 2. The van der Waals surface area contributed by atoms with Gasteiger partial charge in [-0.2, -0.15) is 0 Å². The molecule has 1 unspecified atom stereocenters. The standard InChI is InChI=1S/C12H13ClFN/c13-12-7-10(14)3-2-9(12)5-8-1-4-11(15)6-8/h2-3,6-7,11H,1,4-5,15H2. The number of hydrogen-bond acceptors (Lipinski definition) is 1. The number of benzene rings is 1. The van der Waals surface area contributed by atoms with Crippen molar-refractivity contribution >= 4 is 11.6 Å². The van der Waals surface area contributed by atoms with Gasteiger partial charge >= 0.3 is 0 Å². The number of allylic oxidation sites excluding steroid dienone is 1. The number of halogens is 2. The Morgan fingerprint density at radius 2 is 2.27 bits per heavy atom. The lowest BCUT2D eigenvalue weighted by molar-refractivity contribution is 0.627. The van der Waals surface area contributed by atoms with Crippen molar-refractivity contribution in [2.24, 2.45) is 5.73 Å². The lowest BCUT2D eigenvalue weighted by atomic mass is 10.0. The molecule has 2 N–H and O–H groups in total. The molecule has 3 heteroatoms. The molecule has 1 aliphatic rings. The lowest BCUT2D eigenvalue weighted by Crippen LogP contribution is -2.11. The summed E-state index contributed by atoms with van der Waals surface area (Å²) in [5.74, 6) is -0.291. The van der Waals surface area contributed by atoms with Gasteiger partial charge in [0, 0.05) is 11.1 Å². The fourth-order valence-corrected chi connectivity index (χ4v) is 2.11. The number of nitrogens with two attached hydrogens (primary N) is 1. The molecule has 0 fully saturated rings. The molecule has 0 aliphatic heterocycles. The Morgan fingerprint density at radius 3 is 2.87 bits per heavy atom. The monoisotopic (exact) mass is 225 g/mol. The summed E-state index contributed by atoms with van der Waals surface area (Å²) in [4.78, 5) is 0. The molecule has 1 nitrogen and oxygen atoms in total. The molecule has 0 heterocycles. The molecule has 0 bridgehead atoms. The van der Waals surface area contributed by atoms with Crippen molar-refractivity contribution in [3.05, 3.63) is 46.3 Å². The van der Waals surface area contributed by atoms with E-state index >= 15 is 0 Å². The van der Waals surface area contributed by atoms with Crippen LogP contribution in [0.15, 0.2) is 29.8 Å². The Hall–Kier alpha value is -0.860. The second-order valence-corrected chi connectivity index (χ2v) is 4.35. The predicted octanol–water partition coefficient (Wildman–Crippen LogP) is 3.07. The van der Waals surface area contributed by atoms with Crippen LogP contribution < -0.4 is 5.73 Å². The summed E-state index contributed by atoms with van der Waals surface area (Å²) in [6, 6.07) is 4.71. The maximum absolute atomic E-state index is 12.8. The minimum atomic E-state index is -0.291. The molecule has 15 heavy (non-hydrogen) atoms. The summed E-state index contributed by atoms with van der Waals surface area (Å²) in [6.45, 7) is 0. The minimum Gasteiger partial charge on any atom is -0.324 e. The van der Waals surface area contributed by atoms with Crippen LogP contribution in [0.2, 0.25) is 5.02 Å². The zero-order valence-corrected chi connectivity index (χ0v) is 9.10. The van der Waals surface area contributed by atoms with Crippen molar-refractivity contribution < 1.29 is 4.39 Å². The molecule has 1 aromatic carbocycles. The highest BCUT2D eigenvalue weighted by molar-refractivity contribution is 6.31. The highest BCUT2D eigenvalue weighted by Gasteiger charge is 2.13. The molecule has 0 radical (unpaired) electrons. The molecule has 1 aromatic rings. The normalized spacial score (nSPS) is 20.5. The quantitative estimate of drug-likeness (QED) is 0.770. The highest BCUT2D eigenvalue weighted by atomic mass is 35.5. The van der Waals surface area contributed by atoms with E-state index in [0.29, 0.717) is 5.02 Å². The van der Waals surface area contributed by atoms with Gasteiger partial charge < -0.3 is 5.73 Å². The molecular weight excluding hydrogens is 213 g/mol. The predicted molar refractivity (Wildman–Crippen MR) is 60.4 cm³/mol. The van der Waals surface area contributed by atoms with Crippen LogP contribution in [0.3, 0.4) is 0 Å². The molecule has 0 amide bonds. The van der Waals surface area contributed by atoms with Crippen molar-refractivity contribution in [2.75, 3.05) is 0 Å². The molecule has 0 saturated heterocycles. The first kappa shape index (κ1) is 10.7. The van der Waals surface area contributed by atoms with Crippen molar-refractivity contribution in [2.45, 2.75) is 25.3 Å². The first-order valence-electron chi connectivity index (χ1n) is 5.04. The van der Waals surface area contributed by atoms with Crippen LogP contribution in [-0.2, 0) is 6.42 Å². The van der Waals surface area contributed by atoms with Crippen LogP contribution in [0.4, 0.5) is 4.39 Å². The fraction of sp³-hybridized carbons (Fsp3) is 0.333. The molecule has 0 aromatic heterocycles. The van der Waals surface area contributed by atoms with E-state index in [1.54, 1.807) is 6.07 Å². The Labute approximate surface area is 93.7 Å². The summed E-state index contributed by atoms with van der Waals surface area (Å²) in [7, 11) is 0. The Morgan fingerprint density at radius 1 is 1.47 bits per heavy atom. The maximum atomic E-state index is 12.8. The van der Waals surface area contributed by atoms with E-state index in [-0.39, 0.29) is 11.9 Å². The largest absolute Gasteiger partial charge is 0.324 e. The zero-order valence-electron chi connectivity index (χ0n) is 8.34. The van der Waals surface area contributed by atoms with Gasteiger partial charge in [0.25, 0.3) is 0 Å². The van der Waals surface area contributed by atoms with E-state index in [2.05, 4.69) is 6.08 Å². The third-order valence-corrected chi connectivity index (χ3v) is 3.03. The molecule has 2 rings (SSSR count). The van der Waals surface area contributed by atoms with Crippen LogP contribution in [0.1, 0.15) is 18.4 Å². The highest BCUT2D eigenvalue weighted by Crippen LogP contribution is 2.25. The van der Waals surface area contributed by atoms with Gasteiger partial charge in [0.15, 0.2) is 0 Å². The minimum absolute atomic E-state index is 0.180. The number of hydrogen-bond donors (Lipinski definition) is 1. The summed E-state index contributed by atoms with van der Waals surface area (Å²) in [5.41, 5.74) is 8.04. The smallest absolute Gasteiger partial charge is 0.124 e. The van der Waals surface area contributed by atoms with E-state index in [0.717, 1.165) is 24.8 Å². The lowest BCUT2D eigenvalue weighted by Gasteiger charge is -2.04. The second-order valence-electron chi connectivity index (χ2n) is 3.94. The third kappa shape index (κ3) is 2.58. The van der Waals surface area contributed by atoms with Gasteiger partial charge in [0.05, 0.1) is 0 Å².